The van der Waals surface area contributed by atoms with Gasteiger partial charge in [-0.15, -0.1) is 0 Å². The largest absolute Gasteiger partial charge is 0.497 e. The smallest absolute Gasteiger partial charge is 0.387 e. The number of halogens is 4. The second-order valence-electron chi connectivity index (χ2n) is 5.62. The van der Waals surface area contributed by atoms with E-state index >= 15 is 0 Å². The van der Waals surface area contributed by atoms with Crippen molar-refractivity contribution in [3.05, 3.63) is 53.6 Å². The maximum Gasteiger partial charge on any atom is 0.387 e. The van der Waals surface area contributed by atoms with Gasteiger partial charge in [0.25, 0.3) is 0 Å². The quantitative estimate of drug-likeness (QED) is 0.371. The third kappa shape index (κ3) is 7.05. The Hall–Kier alpha value is -3.17. The summed E-state index contributed by atoms with van der Waals surface area (Å²) in [7, 11) is 2.93. The van der Waals surface area contributed by atoms with Crippen molar-refractivity contribution in [2.75, 3.05) is 14.2 Å². The molecular weight excluding hydrogens is 394 g/mol. The van der Waals surface area contributed by atoms with E-state index in [-0.39, 0.29) is 24.6 Å². The highest BCUT2D eigenvalue weighted by molar-refractivity contribution is 5.79. The Morgan fingerprint density at radius 2 is 1.48 bits per heavy atom. The monoisotopic (exact) mass is 415 g/mol. The van der Waals surface area contributed by atoms with Crippen LogP contribution in [0.25, 0.3) is 0 Å². The van der Waals surface area contributed by atoms with Crippen molar-refractivity contribution >= 4 is 5.96 Å². The van der Waals surface area contributed by atoms with E-state index < -0.39 is 13.2 Å². The molecule has 6 nitrogen and oxygen atoms in total. The number of para-hydroxylation sites is 1. The summed E-state index contributed by atoms with van der Waals surface area (Å²) in [6, 6.07) is 10.9. The average molecular weight is 415 g/mol. The van der Waals surface area contributed by atoms with Gasteiger partial charge in [0.15, 0.2) is 5.96 Å². The van der Waals surface area contributed by atoms with Crippen LogP contribution in [-0.2, 0) is 13.1 Å². The Labute approximate surface area is 165 Å². The maximum atomic E-state index is 12.7. The van der Waals surface area contributed by atoms with Crippen LogP contribution in [0.4, 0.5) is 17.6 Å². The molecular formula is C19H21F4N3O3. The number of benzene rings is 2. The van der Waals surface area contributed by atoms with Gasteiger partial charge >= 0.3 is 13.2 Å². The van der Waals surface area contributed by atoms with Gasteiger partial charge in [0.2, 0.25) is 0 Å². The van der Waals surface area contributed by atoms with E-state index in [0.717, 1.165) is 0 Å². The zero-order chi connectivity index (χ0) is 21.2. The van der Waals surface area contributed by atoms with Crippen LogP contribution in [-0.4, -0.2) is 33.3 Å². The van der Waals surface area contributed by atoms with Gasteiger partial charge in [-0.05, 0) is 18.2 Å². The maximum absolute atomic E-state index is 12.7. The van der Waals surface area contributed by atoms with Crippen molar-refractivity contribution in [2.24, 2.45) is 4.99 Å². The zero-order valence-electron chi connectivity index (χ0n) is 15.8. The van der Waals surface area contributed by atoms with Gasteiger partial charge in [0.1, 0.15) is 17.2 Å². The first-order chi connectivity index (χ1) is 13.9. The van der Waals surface area contributed by atoms with E-state index in [2.05, 4.69) is 25.1 Å². The van der Waals surface area contributed by atoms with E-state index in [1.807, 2.05) is 0 Å². The van der Waals surface area contributed by atoms with Gasteiger partial charge in [-0.3, -0.25) is 4.99 Å². The van der Waals surface area contributed by atoms with Gasteiger partial charge in [-0.2, -0.15) is 17.6 Å². The number of aliphatic imine (C=N–C) groups is 1. The lowest BCUT2D eigenvalue weighted by molar-refractivity contribution is -0.0511. The van der Waals surface area contributed by atoms with E-state index in [9.17, 15) is 17.6 Å². The number of rotatable bonds is 9. The topological polar surface area (TPSA) is 64.1 Å². The third-order valence-electron chi connectivity index (χ3n) is 3.80. The minimum absolute atomic E-state index is 0.0296. The molecule has 0 aliphatic heterocycles. The number of nitrogens with zero attached hydrogens (tertiary/aromatic N) is 1. The van der Waals surface area contributed by atoms with E-state index in [0.29, 0.717) is 22.8 Å². The summed E-state index contributed by atoms with van der Waals surface area (Å²) in [5.41, 5.74) is 0.956. The minimum atomic E-state index is -2.98. The molecule has 0 atom stereocenters. The molecule has 29 heavy (non-hydrogen) atoms. The van der Waals surface area contributed by atoms with Crippen LogP contribution in [0.2, 0.25) is 0 Å². The van der Waals surface area contributed by atoms with Crippen molar-refractivity contribution < 1.29 is 31.8 Å². The van der Waals surface area contributed by atoms with Gasteiger partial charge in [0, 0.05) is 37.3 Å². The molecule has 2 aromatic rings. The first kappa shape index (κ1) is 22.1. The standard InChI is InChI=1S/C19H21F4N3O3/c1-24-19(25-10-12-5-3-4-6-15(12)28-17(20)21)26-11-13-7-8-14(27-2)9-16(13)29-18(22)23/h3-9,17-18H,10-11H2,1-2H3,(H2,24,25,26). The highest BCUT2D eigenvalue weighted by Crippen LogP contribution is 2.26. The second kappa shape index (κ2) is 11.0. The Balaban J connectivity index is 2.01. The van der Waals surface area contributed by atoms with Crippen LogP contribution in [0, 0.1) is 0 Å². The first-order valence-corrected chi connectivity index (χ1v) is 8.52. The van der Waals surface area contributed by atoms with E-state index in [4.69, 9.17) is 4.74 Å². The van der Waals surface area contributed by atoms with Gasteiger partial charge in [0.05, 0.1) is 7.11 Å². The van der Waals surface area contributed by atoms with Crippen molar-refractivity contribution in [1.82, 2.24) is 10.6 Å². The van der Waals surface area contributed by atoms with Gasteiger partial charge < -0.3 is 24.8 Å². The number of guanidine groups is 1. The molecule has 0 saturated carbocycles. The predicted octanol–water partition coefficient (Wildman–Crippen LogP) is 3.76. The highest BCUT2D eigenvalue weighted by atomic mass is 19.3. The molecule has 2 aromatic carbocycles. The summed E-state index contributed by atoms with van der Waals surface area (Å²) in [5.74, 6) is 0.726. The third-order valence-corrected chi connectivity index (χ3v) is 3.80. The summed E-state index contributed by atoms with van der Waals surface area (Å²) in [6.45, 7) is -5.63. The SMILES string of the molecule is CN=C(NCc1ccccc1OC(F)F)NCc1ccc(OC)cc1OC(F)F. The van der Waals surface area contributed by atoms with Crippen LogP contribution in [0.5, 0.6) is 17.2 Å². The fourth-order valence-corrected chi connectivity index (χ4v) is 2.45. The lowest BCUT2D eigenvalue weighted by Crippen LogP contribution is -2.36. The fourth-order valence-electron chi connectivity index (χ4n) is 2.45. The number of hydrogen-bond acceptors (Lipinski definition) is 4. The highest BCUT2D eigenvalue weighted by Gasteiger charge is 2.13. The normalized spacial score (nSPS) is 11.5. The van der Waals surface area contributed by atoms with Crippen molar-refractivity contribution in [1.29, 1.82) is 0 Å². The molecule has 10 heteroatoms. The Kier molecular flexibility index (Phi) is 8.38. The van der Waals surface area contributed by atoms with Crippen molar-refractivity contribution in [3.63, 3.8) is 0 Å². The second-order valence-corrected chi connectivity index (χ2v) is 5.62. The summed E-state index contributed by atoms with van der Waals surface area (Å²) in [4.78, 5) is 4.02. The summed E-state index contributed by atoms with van der Waals surface area (Å²) >= 11 is 0. The van der Waals surface area contributed by atoms with Crippen LogP contribution >= 0.6 is 0 Å². The van der Waals surface area contributed by atoms with E-state index in [1.54, 1.807) is 30.3 Å². The summed E-state index contributed by atoms with van der Waals surface area (Å²) in [6.07, 6.45) is 0. The van der Waals surface area contributed by atoms with Gasteiger partial charge in [-0.25, -0.2) is 0 Å². The lowest BCUT2D eigenvalue weighted by Gasteiger charge is -2.16. The molecule has 0 spiro atoms. The molecule has 0 aromatic heterocycles. The van der Waals surface area contributed by atoms with Crippen LogP contribution in [0.1, 0.15) is 11.1 Å². The lowest BCUT2D eigenvalue weighted by atomic mass is 10.2. The fraction of sp³-hybridized carbons (Fsp3) is 0.316. The molecule has 0 amide bonds. The molecule has 158 valence electrons. The van der Waals surface area contributed by atoms with Crippen LogP contribution in [0.15, 0.2) is 47.5 Å². The van der Waals surface area contributed by atoms with E-state index in [1.165, 1.54) is 26.3 Å². The van der Waals surface area contributed by atoms with Gasteiger partial charge in [-0.1, -0.05) is 18.2 Å². The number of alkyl halides is 4. The summed E-state index contributed by atoms with van der Waals surface area (Å²) < 4.78 is 64.3. The molecule has 2 N–H and O–H groups in total. The van der Waals surface area contributed by atoms with Crippen molar-refractivity contribution in [2.45, 2.75) is 26.3 Å². The summed E-state index contributed by atoms with van der Waals surface area (Å²) in [5, 5.41) is 5.90. The number of methoxy groups -OCH3 is 1. The predicted molar refractivity (Wildman–Crippen MR) is 99.7 cm³/mol. The molecule has 0 saturated heterocycles. The molecule has 2 rings (SSSR count). The number of ether oxygens (including phenoxy) is 3. The molecule has 0 fully saturated rings. The zero-order valence-corrected chi connectivity index (χ0v) is 15.8. The minimum Gasteiger partial charge on any atom is -0.497 e. The first-order valence-electron chi connectivity index (χ1n) is 8.52. The van der Waals surface area contributed by atoms with Crippen molar-refractivity contribution in [3.8, 4) is 17.2 Å². The Bertz CT molecular complexity index is 819. The van der Waals surface area contributed by atoms with Crippen LogP contribution in [0.3, 0.4) is 0 Å². The molecule has 0 aliphatic carbocycles. The number of nitrogens with one attached hydrogen (secondary N) is 2. The Morgan fingerprint density at radius 3 is 2.07 bits per heavy atom. The van der Waals surface area contributed by atoms with Crippen LogP contribution < -0.4 is 24.8 Å². The average Bonchev–Trinajstić information content (AvgIpc) is 2.69. The molecule has 0 bridgehead atoms. The Morgan fingerprint density at radius 1 is 0.897 bits per heavy atom. The molecule has 0 aliphatic rings. The number of hydrogen-bond donors (Lipinski definition) is 2. The molecule has 0 heterocycles. The molecule has 0 radical (unpaired) electrons. The molecule has 0 unspecified atom stereocenters.